The van der Waals surface area contributed by atoms with Gasteiger partial charge in [0.2, 0.25) is 0 Å². The van der Waals surface area contributed by atoms with Crippen molar-refractivity contribution in [3.05, 3.63) is 99.0 Å². The average molecular weight is 478 g/mol. The molecule has 2 aromatic carbocycles. The predicted molar refractivity (Wildman–Crippen MR) is 118 cm³/mol. The molecule has 0 fully saturated rings. The van der Waals surface area contributed by atoms with E-state index in [-0.39, 0.29) is 23.5 Å². The van der Waals surface area contributed by atoms with Crippen LogP contribution in [0.2, 0.25) is 0 Å². The lowest BCUT2D eigenvalue weighted by Gasteiger charge is -2.15. The van der Waals surface area contributed by atoms with Crippen LogP contribution in [0, 0.1) is 0 Å². The number of aromatic nitrogens is 1. The van der Waals surface area contributed by atoms with Gasteiger partial charge in [-0.25, -0.2) is 8.42 Å². The fourth-order valence-corrected chi connectivity index (χ4v) is 3.83. The maximum absolute atomic E-state index is 13.1. The van der Waals surface area contributed by atoms with Crippen LogP contribution in [0.25, 0.3) is 5.69 Å². The summed E-state index contributed by atoms with van der Waals surface area (Å²) in [5.74, 6) is -0.754. The van der Waals surface area contributed by atoms with Crippen LogP contribution in [-0.4, -0.2) is 18.9 Å². The molecule has 1 heterocycles. The van der Waals surface area contributed by atoms with Crippen LogP contribution in [-0.2, 0) is 35.6 Å². The fourth-order valence-electron chi connectivity index (χ4n) is 3.32. The molecule has 0 aliphatic carbocycles. The molecule has 10 heteroatoms. The Balaban J connectivity index is 1.87. The molecule has 6 nitrogen and oxygen atoms in total. The molecule has 0 bridgehead atoms. The molecule has 0 atom stereocenters. The number of carbonyl (C=O) groups is 1. The van der Waals surface area contributed by atoms with Gasteiger partial charge in [-0.1, -0.05) is 37.3 Å². The molecule has 3 aromatic rings. The van der Waals surface area contributed by atoms with Gasteiger partial charge in [0.25, 0.3) is 11.5 Å². The van der Waals surface area contributed by atoms with Gasteiger partial charge in [-0.3, -0.25) is 14.2 Å². The van der Waals surface area contributed by atoms with E-state index in [2.05, 4.69) is 5.32 Å². The number of nitrogens with one attached hydrogen (secondary N) is 1. The van der Waals surface area contributed by atoms with E-state index in [1.165, 1.54) is 24.3 Å². The first-order chi connectivity index (χ1) is 15.6. The summed E-state index contributed by atoms with van der Waals surface area (Å²) in [6.07, 6.45) is -4.20. The minimum Gasteiger partial charge on any atom is -0.348 e. The molecule has 3 rings (SSSR count). The van der Waals surface area contributed by atoms with Gasteiger partial charge in [-0.05, 0) is 47.9 Å². The maximum atomic E-state index is 13.1. The summed E-state index contributed by atoms with van der Waals surface area (Å²) in [6.45, 7) is 1.84. The number of halogens is 3. The van der Waals surface area contributed by atoms with Crippen LogP contribution in [0.4, 0.5) is 13.2 Å². The van der Waals surface area contributed by atoms with Gasteiger partial charge < -0.3 is 5.32 Å². The first-order valence-corrected chi connectivity index (χ1v) is 11.4. The fraction of sp³-hybridized carbons (Fsp3) is 0.217. The molecule has 0 saturated heterocycles. The number of hydrogen-bond donors (Lipinski definition) is 2. The van der Waals surface area contributed by atoms with Crippen LogP contribution in [0.5, 0.6) is 0 Å². The van der Waals surface area contributed by atoms with Crippen molar-refractivity contribution in [3.63, 3.8) is 0 Å². The van der Waals surface area contributed by atoms with Gasteiger partial charge in [0, 0.05) is 17.9 Å². The lowest BCUT2D eigenvalue weighted by molar-refractivity contribution is -0.137. The molecule has 1 N–H and O–H groups in total. The smallest absolute Gasteiger partial charge is 0.348 e. The molecule has 1 aromatic heterocycles. The Morgan fingerprint density at radius 2 is 1.67 bits per heavy atom. The molecular formula is C23H21F3N2O4S. The summed E-state index contributed by atoms with van der Waals surface area (Å²) in [7, 11) is -2.54. The van der Waals surface area contributed by atoms with Crippen molar-refractivity contribution >= 4 is 16.6 Å². The monoisotopic (exact) mass is 478 g/mol. The van der Waals surface area contributed by atoms with Crippen LogP contribution < -0.4 is 10.9 Å². The summed E-state index contributed by atoms with van der Waals surface area (Å²) < 4.78 is 62.1. The Morgan fingerprint density at radius 1 is 1.00 bits per heavy atom. The van der Waals surface area contributed by atoms with E-state index in [9.17, 15) is 31.2 Å². The Labute approximate surface area is 189 Å². The van der Waals surface area contributed by atoms with Crippen molar-refractivity contribution in [1.82, 2.24) is 9.88 Å². The van der Waals surface area contributed by atoms with Gasteiger partial charge >= 0.3 is 6.18 Å². The third-order valence-corrected chi connectivity index (χ3v) is 5.61. The number of amides is 1. The number of rotatable bonds is 7. The van der Waals surface area contributed by atoms with E-state index < -0.39 is 33.9 Å². The molecule has 174 valence electrons. The normalized spacial score (nSPS) is 11.5. The van der Waals surface area contributed by atoms with Crippen LogP contribution >= 0.6 is 0 Å². The highest BCUT2D eigenvalue weighted by Crippen LogP contribution is 2.30. The highest BCUT2D eigenvalue weighted by molar-refractivity contribution is 7.71. The zero-order chi connectivity index (χ0) is 24.2. The topological polar surface area (TPSA) is 85.2 Å². The Kier molecular flexibility index (Phi) is 7.37. The van der Waals surface area contributed by atoms with Crippen LogP contribution in [0.1, 0.15) is 39.7 Å². The van der Waals surface area contributed by atoms with E-state index in [1.54, 1.807) is 31.2 Å². The number of aryl methyl sites for hydroxylation is 1. The summed E-state index contributed by atoms with van der Waals surface area (Å²) in [4.78, 5) is 25.7. The third kappa shape index (κ3) is 5.89. The van der Waals surface area contributed by atoms with Crippen LogP contribution in [0.15, 0.2) is 65.5 Å². The molecule has 0 spiro atoms. The van der Waals surface area contributed by atoms with E-state index >= 15 is 0 Å². The van der Waals surface area contributed by atoms with Gasteiger partial charge in [-0.2, -0.15) is 13.2 Å². The van der Waals surface area contributed by atoms with E-state index in [4.69, 9.17) is 0 Å². The van der Waals surface area contributed by atoms with Gasteiger partial charge in [0.15, 0.2) is 0 Å². The highest BCUT2D eigenvalue weighted by atomic mass is 32.2. The van der Waals surface area contributed by atoms with Crippen molar-refractivity contribution in [2.45, 2.75) is 31.8 Å². The van der Waals surface area contributed by atoms with Gasteiger partial charge in [0.05, 0.1) is 11.3 Å². The molecule has 0 saturated carbocycles. The number of benzene rings is 2. The van der Waals surface area contributed by atoms with Crippen LogP contribution in [0.3, 0.4) is 0 Å². The second kappa shape index (κ2) is 10.0. The number of alkyl halides is 3. The quantitative estimate of drug-likeness (QED) is 0.510. The minimum atomic E-state index is -4.57. The SMILES string of the molecule is CCc1ccc(C(=O)NCc2ccc(C[SH](=O)=O)cc2)c(=O)n1-c1cccc(C(F)(F)F)c1. The zero-order valence-corrected chi connectivity index (χ0v) is 18.5. The molecule has 33 heavy (non-hydrogen) atoms. The number of pyridine rings is 1. The van der Waals surface area contributed by atoms with Crippen molar-refractivity contribution in [2.24, 2.45) is 0 Å². The molecule has 1 amide bonds. The van der Waals surface area contributed by atoms with Crippen molar-refractivity contribution in [3.8, 4) is 5.69 Å². The molecule has 0 radical (unpaired) electrons. The van der Waals surface area contributed by atoms with Crippen molar-refractivity contribution in [2.75, 3.05) is 0 Å². The first-order valence-electron chi connectivity index (χ1n) is 10.0. The zero-order valence-electron chi connectivity index (χ0n) is 17.6. The lowest BCUT2D eigenvalue weighted by Crippen LogP contribution is -2.33. The average Bonchev–Trinajstić information content (AvgIpc) is 2.77. The molecule has 0 unspecified atom stereocenters. The van der Waals surface area contributed by atoms with E-state index in [0.29, 0.717) is 23.2 Å². The standard InChI is InChI=1S/C23H21F3N2O4S/c1-2-18-10-11-20(21(29)27-13-15-6-8-16(9-7-15)14-33(31)32)22(30)28(18)19-5-3-4-17(12-19)23(24,25)26/h3-12,33H,2,13-14H2,1H3,(H,27,29). The number of nitrogens with zero attached hydrogens (tertiary/aromatic N) is 1. The second-order valence-corrected chi connectivity index (χ2v) is 8.25. The van der Waals surface area contributed by atoms with Crippen molar-refractivity contribution in [1.29, 1.82) is 0 Å². The summed E-state index contributed by atoms with van der Waals surface area (Å²) >= 11 is 0. The Morgan fingerprint density at radius 3 is 2.27 bits per heavy atom. The maximum Gasteiger partial charge on any atom is 0.416 e. The highest BCUT2D eigenvalue weighted by Gasteiger charge is 2.30. The predicted octanol–water partition coefficient (Wildman–Crippen LogP) is 3.46. The van der Waals surface area contributed by atoms with E-state index in [0.717, 1.165) is 16.7 Å². The Bertz CT molecular complexity index is 1290. The molecule has 0 aliphatic rings. The second-order valence-electron chi connectivity index (χ2n) is 7.27. The summed E-state index contributed by atoms with van der Waals surface area (Å²) in [5, 5.41) is 2.62. The van der Waals surface area contributed by atoms with Gasteiger partial charge in [0.1, 0.15) is 16.3 Å². The largest absolute Gasteiger partial charge is 0.416 e. The Hall–Kier alpha value is -3.40. The third-order valence-electron chi connectivity index (χ3n) is 4.99. The molecular weight excluding hydrogens is 457 g/mol. The van der Waals surface area contributed by atoms with Crippen molar-refractivity contribution < 1.29 is 26.4 Å². The van der Waals surface area contributed by atoms with E-state index in [1.807, 2.05) is 0 Å². The summed E-state index contributed by atoms with van der Waals surface area (Å²) in [5.41, 5.74) is -0.0344. The number of thiol groups is 1. The summed E-state index contributed by atoms with van der Waals surface area (Å²) in [6, 6.07) is 13.9. The van der Waals surface area contributed by atoms with Gasteiger partial charge in [-0.15, -0.1) is 0 Å². The lowest BCUT2D eigenvalue weighted by atomic mass is 10.1. The minimum absolute atomic E-state index is 0.0219. The molecule has 0 aliphatic heterocycles. The first kappa shape index (κ1) is 24.2. The number of hydrogen-bond acceptors (Lipinski definition) is 4. The number of carbonyl (C=O) groups excluding carboxylic acids is 1.